The third kappa shape index (κ3) is 65.4. The Balaban J connectivity index is -0.0000000903. The van der Waals surface area contributed by atoms with Gasteiger partial charge in [-0.05, 0) is 0 Å². The molecule has 0 saturated carbocycles. The van der Waals surface area contributed by atoms with Crippen LogP contribution in [0.4, 0.5) is 0 Å². The molecule has 0 unspecified atom stereocenters. The molecule has 2 radical (unpaired) electrons. The zero-order chi connectivity index (χ0) is 21.0. The smallest absolute Gasteiger partial charge is 1.00 e. The van der Waals surface area contributed by atoms with Crippen LogP contribution in [0.15, 0.2) is 30.3 Å². The molecule has 0 bridgehead atoms. The number of unbranched alkanes of at least 4 members (excludes halogenated alkanes) is 10. The fraction of sp³-hybridized carbons (Fsp3) is 0.792. The van der Waals surface area contributed by atoms with Crippen LogP contribution in [0.25, 0.3) is 11.5 Å². The van der Waals surface area contributed by atoms with Gasteiger partial charge in [0.25, 0.3) is 0 Å². The number of nitrogens with one attached hydrogen (secondary N) is 2. The average molecular weight is 481 g/mol. The van der Waals surface area contributed by atoms with E-state index < -0.39 is 0 Å². The van der Waals surface area contributed by atoms with Gasteiger partial charge in [0.15, 0.2) is 0 Å². The van der Waals surface area contributed by atoms with Gasteiger partial charge in [0.05, 0.1) is 0 Å². The fourth-order valence-electron chi connectivity index (χ4n) is 2.13. The summed E-state index contributed by atoms with van der Waals surface area (Å²) in [5.41, 5.74) is 13.8. The van der Waals surface area contributed by atoms with Crippen LogP contribution in [0.1, 0.15) is 90.9 Å². The van der Waals surface area contributed by atoms with Gasteiger partial charge in [-0.1, -0.05) is 111 Å². The number of halogens is 1. The molecule has 0 aromatic heterocycles. The maximum Gasteiger partial charge on any atom is 4.00 e. The molecule has 5 heteroatoms. The van der Waals surface area contributed by atoms with Crippen molar-refractivity contribution in [2.45, 2.75) is 111 Å². The third-order valence-corrected chi connectivity index (χ3v) is 3.62. The van der Waals surface area contributed by atoms with Crippen LogP contribution in [0.3, 0.4) is 0 Å². The average Bonchev–Trinajstić information content (AvgIpc) is 3.22. The van der Waals surface area contributed by atoms with Crippen molar-refractivity contribution in [1.29, 1.82) is 0 Å². The Morgan fingerprint density at radius 2 is 0.897 bits per heavy atom. The predicted octanol–water partition coefficient (Wildman–Crippen LogP) is 6.58. The first kappa shape index (κ1) is 39.8. The molecule has 0 spiro atoms. The molecule has 0 aliphatic heterocycles. The second-order valence-corrected chi connectivity index (χ2v) is 10.5. The Bertz CT molecular complexity index is 253. The summed E-state index contributed by atoms with van der Waals surface area (Å²) in [6.45, 7) is 12.5. The number of hydrogen-bond donors (Lipinski definition) is 0. The Labute approximate surface area is 204 Å². The van der Waals surface area contributed by atoms with Crippen LogP contribution in [-0.2, 0) is 18.6 Å². The van der Waals surface area contributed by atoms with Gasteiger partial charge in [-0.3, -0.25) is 0 Å². The van der Waals surface area contributed by atoms with Gasteiger partial charge in [0, 0.05) is 8.80 Å². The van der Waals surface area contributed by atoms with E-state index in [0.29, 0.717) is 13.1 Å². The molecule has 0 atom stereocenters. The summed E-state index contributed by atoms with van der Waals surface area (Å²) in [5.74, 6) is 0. The van der Waals surface area contributed by atoms with Gasteiger partial charge in [-0.2, -0.15) is 31.3 Å². The summed E-state index contributed by atoms with van der Waals surface area (Å²) >= 11 is 0. The number of hydrogen-bond acceptors (Lipinski definition) is 0. The molecule has 1 aromatic carbocycles. The van der Waals surface area contributed by atoms with Crippen LogP contribution in [0.2, 0.25) is 19.6 Å². The first-order valence-electron chi connectivity index (χ1n) is 11.3. The Morgan fingerprint density at radius 3 is 1.10 bits per heavy atom. The van der Waals surface area contributed by atoms with E-state index in [1.807, 2.05) is 30.3 Å². The molecule has 1 aromatic rings. The Kier molecular flexibility index (Phi) is 58.3. The molecular formula is C24H50ClN2SiV. The summed E-state index contributed by atoms with van der Waals surface area (Å²) in [6, 6.07) is 10.0. The molecular weight excluding hydrogens is 431 g/mol. The van der Waals surface area contributed by atoms with E-state index in [2.05, 4.69) is 33.5 Å². The van der Waals surface area contributed by atoms with Crippen molar-refractivity contribution in [3.63, 3.8) is 0 Å². The largest absolute Gasteiger partial charge is 4.00 e. The van der Waals surface area contributed by atoms with E-state index in [0.717, 1.165) is 12.8 Å². The molecule has 0 fully saturated rings. The van der Waals surface area contributed by atoms with Gasteiger partial charge in [0.1, 0.15) is 0 Å². The summed E-state index contributed by atoms with van der Waals surface area (Å²) in [7, 11) is 0.120. The molecule has 0 aliphatic rings. The standard InChI is InChI=1S/2C8H18N.C5H5.C3H9Si.ClH.V/c2*1-2-3-4-5-6-7-8-9;1-2-4-5-3-1;1-4(2)3;;/h2*9H,2-8H2,1H3;1-5H;1-3H3;1H;/q3*-1;;;+4/p-1. The third-order valence-electron chi connectivity index (χ3n) is 3.62. The van der Waals surface area contributed by atoms with Crippen molar-refractivity contribution in [3.8, 4) is 0 Å². The van der Waals surface area contributed by atoms with Crippen LogP contribution in [0.5, 0.6) is 0 Å². The van der Waals surface area contributed by atoms with Gasteiger partial charge >= 0.3 is 18.6 Å². The van der Waals surface area contributed by atoms with Crippen LogP contribution < -0.4 is 12.4 Å². The molecule has 172 valence electrons. The first-order valence-corrected chi connectivity index (χ1v) is 14.3. The van der Waals surface area contributed by atoms with Crippen LogP contribution >= 0.6 is 0 Å². The second-order valence-electron chi connectivity index (χ2n) is 7.50. The quantitative estimate of drug-likeness (QED) is 0.184. The van der Waals surface area contributed by atoms with Gasteiger partial charge in [-0.25, -0.2) is 12.1 Å². The molecule has 2 N–H and O–H groups in total. The summed E-state index contributed by atoms with van der Waals surface area (Å²) < 4.78 is 0. The minimum atomic E-state index is 0. The summed E-state index contributed by atoms with van der Waals surface area (Å²) in [4.78, 5) is 0. The summed E-state index contributed by atoms with van der Waals surface area (Å²) in [6.07, 6.45) is 15.5. The van der Waals surface area contributed by atoms with Crippen molar-refractivity contribution in [2.75, 3.05) is 13.1 Å². The monoisotopic (exact) mass is 480 g/mol. The van der Waals surface area contributed by atoms with Crippen molar-refractivity contribution in [3.05, 3.63) is 41.8 Å². The number of rotatable bonds is 12. The molecule has 29 heavy (non-hydrogen) atoms. The van der Waals surface area contributed by atoms with Crippen molar-refractivity contribution in [2.24, 2.45) is 0 Å². The van der Waals surface area contributed by atoms with Crippen LogP contribution in [0, 0.1) is 0 Å². The maximum absolute atomic E-state index is 6.88. The topological polar surface area (TPSA) is 47.6 Å². The van der Waals surface area contributed by atoms with Crippen molar-refractivity contribution >= 4 is 8.80 Å². The minimum Gasteiger partial charge on any atom is -1.00 e. The first-order chi connectivity index (χ1) is 13.1. The van der Waals surface area contributed by atoms with E-state index >= 15 is 0 Å². The van der Waals surface area contributed by atoms with Crippen molar-refractivity contribution < 1.29 is 31.0 Å². The fourth-order valence-corrected chi connectivity index (χ4v) is 2.13. The molecule has 0 aliphatic carbocycles. The van der Waals surface area contributed by atoms with Gasteiger partial charge < -0.3 is 23.9 Å². The molecule has 0 saturated heterocycles. The second kappa shape index (κ2) is 42.5. The molecule has 0 amide bonds. The SMILES string of the molecule is CCCCCCCC[NH-].CCCCCCCC[NH-].C[Si](C)C.[Cl-].[V+4].c1cc[cH-]c1. The van der Waals surface area contributed by atoms with Crippen molar-refractivity contribution in [1.82, 2.24) is 0 Å². The maximum atomic E-state index is 6.88. The van der Waals surface area contributed by atoms with E-state index in [-0.39, 0.29) is 39.8 Å². The van der Waals surface area contributed by atoms with E-state index in [1.54, 1.807) is 0 Å². The molecule has 2 nitrogen and oxygen atoms in total. The minimum absolute atomic E-state index is 0. The van der Waals surface area contributed by atoms with Gasteiger partial charge in [-0.15, -0.1) is 0 Å². The normalized spacial score (nSPS) is 8.83. The summed E-state index contributed by atoms with van der Waals surface area (Å²) in [5, 5.41) is 0. The van der Waals surface area contributed by atoms with E-state index in [1.165, 1.54) is 64.2 Å². The van der Waals surface area contributed by atoms with Crippen LogP contribution in [-0.4, -0.2) is 21.9 Å². The Hall–Kier alpha value is 0.361. The van der Waals surface area contributed by atoms with E-state index in [9.17, 15) is 0 Å². The Morgan fingerprint density at radius 1 is 0.621 bits per heavy atom. The zero-order valence-electron chi connectivity index (χ0n) is 20.1. The molecule has 0 heterocycles. The predicted molar refractivity (Wildman–Crippen MR) is 131 cm³/mol. The molecule has 1 rings (SSSR count). The van der Waals surface area contributed by atoms with Gasteiger partial charge in [0.2, 0.25) is 0 Å². The zero-order valence-corrected chi connectivity index (χ0v) is 23.3. The van der Waals surface area contributed by atoms with E-state index in [4.69, 9.17) is 11.5 Å².